The molecule has 0 saturated carbocycles. The van der Waals surface area contributed by atoms with Gasteiger partial charge in [-0.05, 0) is 47.2 Å². The van der Waals surface area contributed by atoms with Gasteiger partial charge in [0.1, 0.15) is 23.9 Å². The van der Waals surface area contributed by atoms with E-state index in [1.54, 1.807) is 16.9 Å². The van der Waals surface area contributed by atoms with Gasteiger partial charge in [0, 0.05) is 31.9 Å². The molecule has 208 valence electrons. The van der Waals surface area contributed by atoms with Gasteiger partial charge in [-0.15, -0.1) is 0 Å². The second-order valence-corrected chi connectivity index (χ2v) is 10.6. The van der Waals surface area contributed by atoms with Gasteiger partial charge in [-0.1, -0.05) is 30.3 Å². The highest BCUT2D eigenvalue weighted by Crippen LogP contribution is 2.43. The Kier molecular flexibility index (Phi) is 6.17. The van der Waals surface area contributed by atoms with Crippen molar-refractivity contribution in [3.8, 4) is 11.1 Å². The van der Waals surface area contributed by atoms with Gasteiger partial charge in [0.2, 0.25) is 5.91 Å². The van der Waals surface area contributed by atoms with Gasteiger partial charge in [0.15, 0.2) is 0 Å². The Labute approximate surface area is 227 Å². The van der Waals surface area contributed by atoms with Gasteiger partial charge in [-0.25, -0.2) is 18.0 Å². The zero-order chi connectivity index (χ0) is 28.2. The molecule has 2 saturated heterocycles. The van der Waals surface area contributed by atoms with Gasteiger partial charge < -0.3 is 15.5 Å². The molecular weight excluding hydrogens is 525 g/mol. The number of alkyl halides is 2. The molecule has 0 radical (unpaired) electrons. The summed E-state index contributed by atoms with van der Waals surface area (Å²) in [4.78, 5) is 42.1. The van der Waals surface area contributed by atoms with Gasteiger partial charge in [0.25, 0.3) is 11.8 Å². The van der Waals surface area contributed by atoms with Crippen LogP contribution in [0.25, 0.3) is 11.1 Å². The van der Waals surface area contributed by atoms with Gasteiger partial charge in [0.05, 0.1) is 12.7 Å². The third-order valence-electron chi connectivity index (χ3n) is 7.99. The van der Waals surface area contributed by atoms with E-state index in [-0.39, 0.29) is 13.1 Å². The lowest BCUT2D eigenvalue weighted by Gasteiger charge is -2.33. The van der Waals surface area contributed by atoms with E-state index >= 15 is 0 Å². The number of imide groups is 1. The molecule has 2 aromatic carbocycles. The van der Waals surface area contributed by atoms with E-state index in [9.17, 15) is 27.6 Å². The van der Waals surface area contributed by atoms with Crippen LogP contribution in [0, 0.1) is 5.82 Å². The van der Waals surface area contributed by atoms with E-state index in [0.717, 1.165) is 26.5 Å². The molecule has 1 unspecified atom stereocenters. The highest BCUT2D eigenvalue weighted by Gasteiger charge is 2.56. The largest absolute Gasteiger partial charge is 0.326 e. The summed E-state index contributed by atoms with van der Waals surface area (Å²) in [6.45, 7) is -1.68. The maximum Gasteiger partial charge on any atom is 0.325 e. The number of nitrogens with one attached hydrogen (secondary N) is 2. The first kappa shape index (κ1) is 26.1. The van der Waals surface area contributed by atoms with Crippen LogP contribution in [0.1, 0.15) is 23.1 Å². The minimum absolute atomic E-state index is 0.156. The van der Waals surface area contributed by atoms with E-state index in [2.05, 4.69) is 15.7 Å². The summed E-state index contributed by atoms with van der Waals surface area (Å²) in [5.74, 6) is -5.10. The number of amides is 4. The van der Waals surface area contributed by atoms with Crippen molar-refractivity contribution in [3.63, 3.8) is 0 Å². The van der Waals surface area contributed by atoms with Crippen LogP contribution < -0.4 is 10.6 Å². The minimum atomic E-state index is -3.22. The first-order chi connectivity index (χ1) is 19.1. The Bertz CT molecular complexity index is 1510. The predicted octanol–water partition coefficient (Wildman–Crippen LogP) is 2.56. The number of aromatic nitrogens is 2. The van der Waals surface area contributed by atoms with Crippen LogP contribution in [0.15, 0.2) is 54.9 Å². The first-order valence-electron chi connectivity index (χ1n) is 13.0. The normalized spacial score (nSPS) is 23.1. The van der Waals surface area contributed by atoms with Crippen molar-refractivity contribution in [3.05, 3.63) is 77.4 Å². The maximum absolute atomic E-state index is 14.7. The summed E-state index contributed by atoms with van der Waals surface area (Å²) in [6.07, 6.45) is 4.47. The van der Waals surface area contributed by atoms with Gasteiger partial charge in [-0.3, -0.25) is 19.2 Å². The van der Waals surface area contributed by atoms with Crippen LogP contribution in [0.5, 0.6) is 0 Å². The number of rotatable bonds is 6. The number of hydrogen-bond acceptors (Lipinski definition) is 5. The zero-order valence-corrected chi connectivity index (χ0v) is 21.7. The molecule has 3 aliphatic rings. The van der Waals surface area contributed by atoms with Crippen molar-refractivity contribution in [1.29, 1.82) is 0 Å². The first-order valence-corrected chi connectivity index (χ1v) is 13.0. The number of hydrogen-bond donors (Lipinski definition) is 2. The van der Waals surface area contributed by atoms with Crippen molar-refractivity contribution < 1.29 is 27.6 Å². The molecule has 12 heteroatoms. The average Bonchev–Trinajstić information content (AvgIpc) is 3.67. The van der Waals surface area contributed by atoms with Crippen molar-refractivity contribution in [2.45, 2.75) is 36.9 Å². The highest BCUT2D eigenvalue weighted by atomic mass is 19.3. The SMILES string of the molecule is Cn1cc(-c2ccc3c(c2)CC[C@]32NC(=O)N(CC(=O)N(Cc3ccc(F)cc3)C3CNCC3(F)F)C2=O)cn1. The number of fused-ring (bicyclic) bond motifs is 2. The Balaban J connectivity index is 1.25. The predicted molar refractivity (Wildman–Crippen MR) is 137 cm³/mol. The molecule has 3 heterocycles. The fraction of sp³-hybridized carbons (Fsp3) is 0.357. The van der Waals surface area contributed by atoms with Gasteiger partial charge in [-0.2, -0.15) is 5.10 Å². The number of carbonyl (C=O) groups is 3. The minimum Gasteiger partial charge on any atom is -0.326 e. The monoisotopic (exact) mass is 552 g/mol. The summed E-state index contributed by atoms with van der Waals surface area (Å²) in [5, 5.41) is 9.58. The van der Waals surface area contributed by atoms with E-state index in [4.69, 9.17) is 0 Å². The zero-order valence-electron chi connectivity index (χ0n) is 21.7. The quantitative estimate of drug-likeness (QED) is 0.458. The van der Waals surface area contributed by atoms with Crippen LogP contribution in [-0.4, -0.2) is 69.0 Å². The van der Waals surface area contributed by atoms with Crippen LogP contribution in [0.3, 0.4) is 0 Å². The second-order valence-electron chi connectivity index (χ2n) is 10.6. The van der Waals surface area contributed by atoms with E-state index < -0.39 is 54.3 Å². The number of benzene rings is 2. The third-order valence-corrected chi connectivity index (χ3v) is 7.99. The molecule has 9 nitrogen and oxygen atoms in total. The molecular formula is C28H27F3N6O3. The maximum atomic E-state index is 14.7. The number of halogens is 3. The van der Waals surface area contributed by atoms with Crippen molar-refractivity contribution in [2.24, 2.45) is 7.05 Å². The number of nitrogens with zero attached hydrogens (tertiary/aromatic N) is 4. The number of aryl methyl sites for hydroxylation is 2. The molecule has 4 amide bonds. The Morgan fingerprint density at radius 1 is 1.15 bits per heavy atom. The average molecular weight is 553 g/mol. The lowest BCUT2D eigenvalue weighted by Crippen LogP contribution is -2.53. The van der Waals surface area contributed by atoms with E-state index in [1.165, 1.54) is 24.3 Å². The number of urea groups is 1. The molecule has 2 fully saturated rings. The van der Waals surface area contributed by atoms with Crippen LogP contribution >= 0.6 is 0 Å². The fourth-order valence-electron chi connectivity index (χ4n) is 5.91. The Morgan fingerprint density at radius 2 is 1.93 bits per heavy atom. The summed E-state index contributed by atoms with van der Waals surface area (Å²) < 4.78 is 44.6. The second kappa shape index (κ2) is 9.47. The molecule has 1 spiro atoms. The Morgan fingerprint density at radius 3 is 2.60 bits per heavy atom. The lowest BCUT2D eigenvalue weighted by molar-refractivity contribution is -0.146. The molecule has 1 aromatic heterocycles. The molecule has 1 aliphatic carbocycles. The lowest BCUT2D eigenvalue weighted by atomic mass is 9.90. The molecule has 40 heavy (non-hydrogen) atoms. The molecule has 0 bridgehead atoms. The van der Waals surface area contributed by atoms with Crippen LogP contribution in [0.2, 0.25) is 0 Å². The summed E-state index contributed by atoms with van der Waals surface area (Å²) in [7, 11) is 1.82. The highest BCUT2D eigenvalue weighted by molar-refractivity contribution is 6.10. The fourth-order valence-corrected chi connectivity index (χ4v) is 5.91. The van der Waals surface area contributed by atoms with E-state index in [1.807, 2.05) is 25.4 Å². The van der Waals surface area contributed by atoms with Crippen LogP contribution in [-0.2, 0) is 35.1 Å². The number of carbonyl (C=O) groups excluding carboxylic acids is 3. The standard InChI is InChI=1S/C28H27F3N6O3/c1-35-14-20(11-33-35)18-4-7-22-19(10-18)8-9-27(22)25(39)37(26(40)34-27)15-24(38)36(23-12-32-16-28(23,30)31)13-17-2-5-21(29)6-3-17/h2-7,10-11,14,23,32H,8-9,12-13,15-16H2,1H3,(H,34,40)/t23?,27-/m0/s1. The van der Waals surface area contributed by atoms with Crippen molar-refractivity contribution in [2.75, 3.05) is 19.6 Å². The molecule has 3 aromatic rings. The molecule has 2 aliphatic heterocycles. The summed E-state index contributed by atoms with van der Waals surface area (Å²) in [5.41, 5.74) is 2.52. The molecule has 2 atom stereocenters. The smallest absolute Gasteiger partial charge is 0.325 e. The van der Waals surface area contributed by atoms with Crippen molar-refractivity contribution >= 4 is 17.8 Å². The molecule has 2 N–H and O–H groups in total. The summed E-state index contributed by atoms with van der Waals surface area (Å²) in [6, 6.07) is 8.58. The molecule has 6 rings (SSSR count). The van der Waals surface area contributed by atoms with Gasteiger partial charge >= 0.3 is 6.03 Å². The van der Waals surface area contributed by atoms with Crippen molar-refractivity contribution in [1.82, 2.24) is 30.2 Å². The van der Waals surface area contributed by atoms with Crippen LogP contribution in [0.4, 0.5) is 18.0 Å². The third kappa shape index (κ3) is 4.32. The topological polar surface area (TPSA) is 99.6 Å². The van der Waals surface area contributed by atoms with E-state index in [0.29, 0.717) is 24.0 Å². The Hall–Kier alpha value is -4.19. The summed E-state index contributed by atoms with van der Waals surface area (Å²) >= 11 is 0.